The third-order valence-electron chi connectivity index (χ3n) is 3.02. The van der Waals surface area contributed by atoms with Crippen LogP contribution in [0.2, 0.25) is 0 Å². The molecule has 100 valence electrons. The molecule has 0 fully saturated rings. The van der Waals surface area contributed by atoms with Crippen LogP contribution in [0.4, 0.5) is 4.39 Å². The lowest BCUT2D eigenvalue weighted by Gasteiger charge is -2.14. The van der Waals surface area contributed by atoms with Crippen LogP contribution in [0, 0.1) is 5.82 Å². The number of ether oxygens (including phenoxy) is 2. The van der Waals surface area contributed by atoms with Gasteiger partial charge in [0.25, 0.3) is 0 Å². The zero-order valence-corrected chi connectivity index (χ0v) is 10.9. The minimum Gasteiger partial charge on any atom is -0.497 e. The number of nitrogens with two attached hydrogens (primary N) is 1. The first-order chi connectivity index (χ1) is 9.15. The van der Waals surface area contributed by atoms with Crippen molar-refractivity contribution in [3.05, 3.63) is 59.4 Å². The fraction of sp³-hybridized carbons (Fsp3) is 0.200. The zero-order valence-electron chi connectivity index (χ0n) is 10.9. The minimum atomic E-state index is -0.517. The first-order valence-electron chi connectivity index (χ1n) is 5.88. The highest BCUT2D eigenvalue weighted by Gasteiger charge is 2.14. The van der Waals surface area contributed by atoms with E-state index in [9.17, 15) is 4.39 Å². The molecule has 2 aromatic carbocycles. The number of benzene rings is 2. The molecular weight excluding hydrogens is 245 g/mol. The van der Waals surface area contributed by atoms with Crippen molar-refractivity contribution in [2.75, 3.05) is 14.2 Å². The molecule has 0 aromatic heterocycles. The second-order valence-electron chi connectivity index (χ2n) is 4.14. The molecule has 19 heavy (non-hydrogen) atoms. The Kier molecular flexibility index (Phi) is 4.02. The van der Waals surface area contributed by atoms with Crippen LogP contribution in [0.15, 0.2) is 42.5 Å². The molecule has 0 radical (unpaired) electrons. The largest absolute Gasteiger partial charge is 0.497 e. The van der Waals surface area contributed by atoms with Crippen LogP contribution in [0.1, 0.15) is 17.2 Å². The number of methoxy groups -OCH3 is 2. The predicted molar refractivity (Wildman–Crippen MR) is 72.0 cm³/mol. The van der Waals surface area contributed by atoms with Crippen molar-refractivity contribution in [3.8, 4) is 11.5 Å². The Morgan fingerprint density at radius 3 is 2.05 bits per heavy atom. The van der Waals surface area contributed by atoms with Crippen molar-refractivity contribution in [2.24, 2.45) is 5.73 Å². The summed E-state index contributed by atoms with van der Waals surface area (Å²) in [5.41, 5.74) is 7.34. The smallest absolute Gasteiger partial charge is 0.132 e. The van der Waals surface area contributed by atoms with E-state index < -0.39 is 6.04 Å². The van der Waals surface area contributed by atoms with E-state index in [4.69, 9.17) is 15.2 Å². The van der Waals surface area contributed by atoms with Gasteiger partial charge in [-0.1, -0.05) is 18.2 Å². The van der Waals surface area contributed by atoms with E-state index >= 15 is 0 Å². The SMILES string of the molecule is COc1ccc(C(N)c2ccc(OC)cc2F)cc1. The summed E-state index contributed by atoms with van der Waals surface area (Å²) in [6.07, 6.45) is 0. The van der Waals surface area contributed by atoms with E-state index in [0.717, 1.165) is 11.3 Å². The van der Waals surface area contributed by atoms with Gasteiger partial charge in [-0.3, -0.25) is 0 Å². The maximum absolute atomic E-state index is 13.9. The summed E-state index contributed by atoms with van der Waals surface area (Å²) >= 11 is 0. The number of rotatable bonds is 4. The van der Waals surface area contributed by atoms with Crippen LogP contribution < -0.4 is 15.2 Å². The van der Waals surface area contributed by atoms with Gasteiger partial charge in [-0.2, -0.15) is 0 Å². The van der Waals surface area contributed by atoms with E-state index in [1.54, 1.807) is 31.4 Å². The van der Waals surface area contributed by atoms with Gasteiger partial charge in [0.15, 0.2) is 0 Å². The van der Waals surface area contributed by atoms with Crippen LogP contribution in [0.3, 0.4) is 0 Å². The number of halogens is 1. The summed E-state index contributed by atoms with van der Waals surface area (Å²) in [7, 11) is 3.09. The van der Waals surface area contributed by atoms with Gasteiger partial charge in [-0.05, 0) is 23.8 Å². The molecule has 0 amide bonds. The highest BCUT2D eigenvalue weighted by atomic mass is 19.1. The van der Waals surface area contributed by atoms with E-state index in [1.165, 1.54) is 13.2 Å². The second kappa shape index (κ2) is 5.71. The Labute approximate surface area is 111 Å². The maximum atomic E-state index is 13.9. The third-order valence-corrected chi connectivity index (χ3v) is 3.02. The van der Waals surface area contributed by atoms with Crippen LogP contribution in [-0.4, -0.2) is 14.2 Å². The molecule has 0 saturated carbocycles. The highest BCUT2D eigenvalue weighted by Crippen LogP contribution is 2.26. The van der Waals surface area contributed by atoms with Crippen LogP contribution in [0.5, 0.6) is 11.5 Å². The molecule has 4 heteroatoms. The molecule has 0 aliphatic carbocycles. The van der Waals surface area contributed by atoms with Gasteiger partial charge in [-0.25, -0.2) is 4.39 Å². The molecule has 3 nitrogen and oxygen atoms in total. The average Bonchev–Trinajstić information content (AvgIpc) is 2.46. The standard InChI is InChI=1S/C15H16FNO2/c1-18-11-5-3-10(4-6-11)15(17)13-8-7-12(19-2)9-14(13)16/h3-9,15H,17H2,1-2H3. The van der Waals surface area contributed by atoms with Crippen LogP contribution >= 0.6 is 0 Å². The molecular formula is C15H16FNO2. The van der Waals surface area contributed by atoms with Gasteiger partial charge < -0.3 is 15.2 Å². The van der Waals surface area contributed by atoms with Gasteiger partial charge in [0.2, 0.25) is 0 Å². The molecule has 0 heterocycles. The van der Waals surface area contributed by atoms with E-state index in [-0.39, 0.29) is 5.82 Å². The second-order valence-corrected chi connectivity index (χ2v) is 4.14. The molecule has 0 bridgehead atoms. The molecule has 0 aliphatic heterocycles. The van der Waals surface area contributed by atoms with E-state index in [2.05, 4.69) is 0 Å². The quantitative estimate of drug-likeness (QED) is 0.920. The fourth-order valence-electron chi connectivity index (χ4n) is 1.88. The fourth-order valence-corrected chi connectivity index (χ4v) is 1.88. The predicted octanol–water partition coefficient (Wildman–Crippen LogP) is 2.89. The van der Waals surface area contributed by atoms with Crippen molar-refractivity contribution in [1.82, 2.24) is 0 Å². The summed E-state index contributed by atoms with van der Waals surface area (Å²) < 4.78 is 24.0. The van der Waals surface area contributed by atoms with Crippen LogP contribution in [0.25, 0.3) is 0 Å². The lowest BCUT2D eigenvalue weighted by atomic mass is 9.99. The van der Waals surface area contributed by atoms with Gasteiger partial charge in [0.1, 0.15) is 17.3 Å². The zero-order chi connectivity index (χ0) is 13.8. The summed E-state index contributed by atoms with van der Waals surface area (Å²) in [6.45, 7) is 0. The summed E-state index contributed by atoms with van der Waals surface area (Å²) in [5.74, 6) is 0.844. The maximum Gasteiger partial charge on any atom is 0.132 e. The molecule has 0 saturated heterocycles. The Morgan fingerprint density at radius 2 is 1.53 bits per heavy atom. The summed E-state index contributed by atoms with van der Waals surface area (Å²) in [6, 6.07) is 11.4. The van der Waals surface area contributed by atoms with Crippen LogP contribution in [-0.2, 0) is 0 Å². The lowest BCUT2D eigenvalue weighted by Crippen LogP contribution is -2.13. The molecule has 1 atom stereocenters. The Balaban J connectivity index is 2.29. The number of hydrogen-bond donors (Lipinski definition) is 1. The monoisotopic (exact) mass is 261 g/mol. The topological polar surface area (TPSA) is 44.5 Å². The average molecular weight is 261 g/mol. The molecule has 1 unspecified atom stereocenters. The molecule has 2 N–H and O–H groups in total. The summed E-state index contributed by atoms with van der Waals surface area (Å²) in [4.78, 5) is 0. The van der Waals surface area contributed by atoms with Gasteiger partial charge in [-0.15, -0.1) is 0 Å². The van der Waals surface area contributed by atoms with Gasteiger partial charge >= 0.3 is 0 Å². The van der Waals surface area contributed by atoms with Crippen molar-refractivity contribution in [3.63, 3.8) is 0 Å². The van der Waals surface area contributed by atoms with Crippen molar-refractivity contribution >= 4 is 0 Å². The molecule has 2 aromatic rings. The van der Waals surface area contributed by atoms with Crippen molar-refractivity contribution in [1.29, 1.82) is 0 Å². The van der Waals surface area contributed by atoms with E-state index in [0.29, 0.717) is 11.3 Å². The normalized spacial score (nSPS) is 12.0. The summed E-state index contributed by atoms with van der Waals surface area (Å²) in [5, 5.41) is 0. The highest BCUT2D eigenvalue weighted by molar-refractivity contribution is 5.38. The van der Waals surface area contributed by atoms with Crippen molar-refractivity contribution < 1.29 is 13.9 Å². The lowest BCUT2D eigenvalue weighted by molar-refractivity contribution is 0.410. The Bertz CT molecular complexity index is 555. The van der Waals surface area contributed by atoms with Gasteiger partial charge in [0, 0.05) is 11.6 Å². The number of hydrogen-bond acceptors (Lipinski definition) is 3. The first kappa shape index (κ1) is 13.4. The van der Waals surface area contributed by atoms with Crippen molar-refractivity contribution in [2.45, 2.75) is 6.04 Å². The van der Waals surface area contributed by atoms with Gasteiger partial charge in [0.05, 0.1) is 20.3 Å². The van der Waals surface area contributed by atoms with E-state index in [1.807, 2.05) is 12.1 Å². The Morgan fingerprint density at radius 1 is 0.947 bits per heavy atom. The Hall–Kier alpha value is -2.07. The molecule has 0 aliphatic rings. The molecule has 2 rings (SSSR count). The molecule has 0 spiro atoms. The first-order valence-corrected chi connectivity index (χ1v) is 5.88. The third kappa shape index (κ3) is 2.85. The minimum absolute atomic E-state index is 0.373.